The van der Waals surface area contributed by atoms with Gasteiger partial charge in [-0.05, 0) is 43.7 Å². The SMILES string of the molecule is C.CC(=O)CNCc1cccc(OCCc2nc(-c3ccccc3)oc2C)c1. The standard InChI is InChI=1S/C22H24N2O3.CH4/c1-16(25)14-23-15-18-7-6-10-20(13-18)26-12-11-21-17(2)27-22(24-21)19-8-4-3-5-9-19;/h3-10,13,23H,11-12,14-15H2,1-2H3;1H4. The Morgan fingerprint density at radius 1 is 1.14 bits per heavy atom. The molecule has 1 heterocycles. The molecule has 1 aromatic heterocycles. The molecule has 0 radical (unpaired) electrons. The van der Waals surface area contributed by atoms with Crippen LogP contribution in [0.3, 0.4) is 0 Å². The van der Waals surface area contributed by atoms with E-state index in [0.717, 1.165) is 28.3 Å². The molecule has 0 saturated heterocycles. The zero-order valence-electron chi connectivity index (χ0n) is 15.7. The lowest BCUT2D eigenvalue weighted by molar-refractivity contribution is -0.116. The van der Waals surface area contributed by atoms with E-state index < -0.39 is 0 Å². The number of Topliss-reactive ketones (excluding diaryl/α,β-unsaturated/α-hetero) is 1. The molecule has 0 spiro atoms. The van der Waals surface area contributed by atoms with E-state index in [4.69, 9.17) is 9.15 Å². The summed E-state index contributed by atoms with van der Waals surface area (Å²) >= 11 is 0. The molecule has 5 nitrogen and oxygen atoms in total. The Kier molecular flexibility index (Phi) is 7.96. The molecule has 0 amide bonds. The number of hydrogen-bond donors (Lipinski definition) is 1. The molecule has 3 aromatic rings. The summed E-state index contributed by atoms with van der Waals surface area (Å²) in [6.45, 7) is 5.03. The number of nitrogens with one attached hydrogen (secondary N) is 1. The third-order valence-corrected chi connectivity index (χ3v) is 4.12. The van der Waals surface area contributed by atoms with Crippen LogP contribution >= 0.6 is 0 Å². The zero-order valence-corrected chi connectivity index (χ0v) is 15.7. The van der Waals surface area contributed by atoms with Gasteiger partial charge in [0.15, 0.2) is 0 Å². The smallest absolute Gasteiger partial charge is 0.226 e. The van der Waals surface area contributed by atoms with Crippen LogP contribution in [0.25, 0.3) is 11.5 Å². The van der Waals surface area contributed by atoms with Crippen LogP contribution in [0.5, 0.6) is 5.75 Å². The maximum Gasteiger partial charge on any atom is 0.226 e. The van der Waals surface area contributed by atoms with E-state index in [0.29, 0.717) is 32.0 Å². The highest BCUT2D eigenvalue weighted by Gasteiger charge is 2.11. The number of aryl methyl sites for hydroxylation is 1. The molecular formula is C23H28N2O3. The number of carbonyl (C=O) groups excluding carboxylic acids is 1. The van der Waals surface area contributed by atoms with Crippen molar-refractivity contribution in [2.45, 2.75) is 34.2 Å². The number of ether oxygens (including phenoxy) is 1. The second-order valence-corrected chi connectivity index (χ2v) is 6.44. The van der Waals surface area contributed by atoms with Gasteiger partial charge < -0.3 is 14.5 Å². The summed E-state index contributed by atoms with van der Waals surface area (Å²) in [5, 5.41) is 3.11. The number of nitrogens with zero attached hydrogens (tertiary/aromatic N) is 1. The van der Waals surface area contributed by atoms with Crippen molar-refractivity contribution < 1.29 is 13.9 Å². The molecule has 2 aromatic carbocycles. The molecule has 1 N–H and O–H groups in total. The molecule has 0 unspecified atom stereocenters. The maximum absolute atomic E-state index is 11.0. The number of rotatable bonds is 9. The topological polar surface area (TPSA) is 64.4 Å². The van der Waals surface area contributed by atoms with Crippen LogP contribution in [0.15, 0.2) is 59.0 Å². The summed E-state index contributed by atoms with van der Waals surface area (Å²) in [6.07, 6.45) is 0.676. The van der Waals surface area contributed by atoms with Crippen molar-refractivity contribution in [3.05, 3.63) is 71.6 Å². The molecule has 148 valence electrons. The second kappa shape index (κ2) is 10.4. The molecule has 0 fully saturated rings. The van der Waals surface area contributed by atoms with Crippen molar-refractivity contribution in [2.24, 2.45) is 0 Å². The Balaban J connectivity index is 0.00000280. The fraction of sp³-hybridized carbons (Fsp3) is 0.304. The second-order valence-electron chi connectivity index (χ2n) is 6.44. The predicted molar refractivity (Wildman–Crippen MR) is 111 cm³/mol. The number of carbonyl (C=O) groups is 1. The van der Waals surface area contributed by atoms with Gasteiger partial charge in [0.25, 0.3) is 0 Å². The summed E-state index contributed by atoms with van der Waals surface area (Å²) in [5.74, 6) is 2.39. The van der Waals surface area contributed by atoms with E-state index in [9.17, 15) is 4.79 Å². The number of aromatic nitrogens is 1. The van der Waals surface area contributed by atoms with E-state index in [1.54, 1.807) is 6.92 Å². The maximum atomic E-state index is 11.0. The molecule has 3 rings (SSSR count). The monoisotopic (exact) mass is 380 g/mol. The molecule has 0 aliphatic carbocycles. The Morgan fingerprint density at radius 3 is 2.68 bits per heavy atom. The molecule has 0 atom stereocenters. The largest absolute Gasteiger partial charge is 0.493 e. The van der Waals surface area contributed by atoms with Gasteiger partial charge in [-0.15, -0.1) is 0 Å². The first-order valence-corrected chi connectivity index (χ1v) is 9.05. The highest BCUT2D eigenvalue weighted by Crippen LogP contribution is 2.22. The summed E-state index contributed by atoms with van der Waals surface area (Å²) < 4.78 is 11.7. The number of ketones is 1. The number of benzene rings is 2. The lowest BCUT2D eigenvalue weighted by Crippen LogP contribution is -2.20. The minimum Gasteiger partial charge on any atom is -0.493 e. The van der Waals surface area contributed by atoms with E-state index in [1.807, 2.05) is 61.5 Å². The Bertz CT molecular complexity index is 888. The minimum atomic E-state index is 0. The molecule has 0 bridgehead atoms. The van der Waals surface area contributed by atoms with Crippen LogP contribution in [0, 0.1) is 6.92 Å². The Morgan fingerprint density at radius 2 is 1.93 bits per heavy atom. The summed E-state index contributed by atoms with van der Waals surface area (Å²) in [5.41, 5.74) is 2.96. The zero-order chi connectivity index (χ0) is 19.1. The average Bonchev–Trinajstić information content (AvgIpc) is 3.03. The van der Waals surface area contributed by atoms with Crippen LogP contribution < -0.4 is 10.1 Å². The quantitative estimate of drug-likeness (QED) is 0.588. The van der Waals surface area contributed by atoms with Gasteiger partial charge in [-0.2, -0.15) is 0 Å². The fourth-order valence-corrected chi connectivity index (χ4v) is 2.76. The molecular weight excluding hydrogens is 352 g/mol. The van der Waals surface area contributed by atoms with Gasteiger partial charge in [-0.3, -0.25) is 4.79 Å². The van der Waals surface area contributed by atoms with Crippen molar-refractivity contribution in [2.75, 3.05) is 13.2 Å². The highest BCUT2D eigenvalue weighted by molar-refractivity contribution is 5.77. The number of hydrogen-bond acceptors (Lipinski definition) is 5. The van der Waals surface area contributed by atoms with Crippen molar-refractivity contribution in [1.82, 2.24) is 10.3 Å². The van der Waals surface area contributed by atoms with E-state index >= 15 is 0 Å². The van der Waals surface area contributed by atoms with Gasteiger partial charge in [0, 0.05) is 18.5 Å². The van der Waals surface area contributed by atoms with Gasteiger partial charge in [-0.1, -0.05) is 37.8 Å². The first-order valence-electron chi connectivity index (χ1n) is 9.05. The summed E-state index contributed by atoms with van der Waals surface area (Å²) in [4.78, 5) is 15.6. The first-order chi connectivity index (χ1) is 13.1. The van der Waals surface area contributed by atoms with Gasteiger partial charge in [0.05, 0.1) is 18.8 Å². The van der Waals surface area contributed by atoms with Crippen molar-refractivity contribution in [3.8, 4) is 17.2 Å². The van der Waals surface area contributed by atoms with Crippen molar-refractivity contribution in [3.63, 3.8) is 0 Å². The normalized spacial score (nSPS) is 10.4. The average molecular weight is 380 g/mol. The van der Waals surface area contributed by atoms with Crippen LogP contribution in [0.1, 0.15) is 31.4 Å². The van der Waals surface area contributed by atoms with E-state index in [-0.39, 0.29) is 13.2 Å². The predicted octanol–water partition coefficient (Wildman–Crippen LogP) is 4.59. The molecule has 0 saturated carbocycles. The number of oxazole rings is 1. The Hall–Kier alpha value is -2.92. The first kappa shape index (κ1) is 21.4. The minimum absolute atomic E-state index is 0. The summed E-state index contributed by atoms with van der Waals surface area (Å²) in [7, 11) is 0. The fourth-order valence-electron chi connectivity index (χ4n) is 2.76. The highest BCUT2D eigenvalue weighted by atomic mass is 16.5. The molecule has 0 aliphatic heterocycles. The van der Waals surface area contributed by atoms with Gasteiger partial charge in [0.2, 0.25) is 5.89 Å². The van der Waals surface area contributed by atoms with Gasteiger partial charge in [0.1, 0.15) is 17.3 Å². The lowest BCUT2D eigenvalue weighted by Gasteiger charge is -2.08. The van der Waals surface area contributed by atoms with Crippen LogP contribution in [-0.4, -0.2) is 23.9 Å². The molecule has 5 heteroatoms. The summed E-state index contributed by atoms with van der Waals surface area (Å²) in [6, 6.07) is 17.7. The van der Waals surface area contributed by atoms with Gasteiger partial charge >= 0.3 is 0 Å². The van der Waals surface area contributed by atoms with Crippen molar-refractivity contribution in [1.29, 1.82) is 0 Å². The molecule has 0 aliphatic rings. The van der Waals surface area contributed by atoms with Crippen molar-refractivity contribution >= 4 is 5.78 Å². The van der Waals surface area contributed by atoms with E-state index in [1.165, 1.54) is 0 Å². The molecule has 28 heavy (non-hydrogen) atoms. The van der Waals surface area contributed by atoms with Crippen LogP contribution in [-0.2, 0) is 17.8 Å². The third kappa shape index (κ3) is 6.06. The third-order valence-electron chi connectivity index (χ3n) is 4.12. The van der Waals surface area contributed by atoms with Crippen LogP contribution in [0.2, 0.25) is 0 Å². The Labute approximate surface area is 166 Å². The lowest BCUT2D eigenvalue weighted by atomic mass is 10.2. The van der Waals surface area contributed by atoms with E-state index in [2.05, 4.69) is 10.3 Å². The van der Waals surface area contributed by atoms with Crippen LogP contribution in [0.4, 0.5) is 0 Å². The van der Waals surface area contributed by atoms with Gasteiger partial charge in [-0.25, -0.2) is 4.98 Å².